The number of hydrogen-bond donors (Lipinski definition) is 1. The van der Waals surface area contributed by atoms with E-state index in [1.165, 1.54) is 36.3 Å². The molecule has 1 unspecified atom stereocenters. The van der Waals surface area contributed by atoms with E-state index in [4.69, 9.17) is 14.2 Å². The summed E-state index contributed by atoms with van der Waals surface area (Å²) in [6, 6.07) is 9.38. The lowest BCUT2D eigenvalue weighted by Crippen LogP contribution is -2.32. The van der Waals surface area contributed by atoms with Crippen LogP contribution in [-0.4, -0.2) is 55.2 Å². The minimum absolute atomic E-state index is 0.0765. The third-order valence-corrected chi connectivity index (χ3v) is 5.24. The van der Waals surface area contributed by atoms with E-state index >= 15 is 0 Å². The van der Waals surface area contributed by atoms with Gasteiger partial charge >= 0.3 is 0 Å². The molecule has 176 valence electrons. The van der Waals surface area contributed by atoms with Gasteiger partial charge in [-0.05, 0) is 55.3 Å². The van der Waals surface area contributed by atoms with Crippen molar-refractivity contribution >= 4 is 17.4 Å². The van der Waals surface area contributed by atoms with Crippen molar-refractivity contribution in [3.63, 3.8) is 0 Å². The topological polar surface area (TPSA) is 85.3 Å². The van der Waals surface area contributed by atoms with Gasteiger partial charge in [0.25, 0.3) is 11.7 Å². The lowest BCUT2D eigenvalue weighted by atomic mass is 9.95. The zero-order chi connectivity index (χ0) is 24.0. The quantitative estimate of drug-likeness (QED) is 0.329. The molecule has 33 heavy (non-hydrogen) atoms. The second-order valence-electron chi connectivity index (χ2n) is 7.48. The highest BCUT2D eigenvalue weighted by molar-refractivity contribution is 6.46. The Morgan fingerprint density at radius 2 is 1.76 bits per heavy atom. The maximum atomic E-state index is 13.4. The number of ether oxygens (including phenoxy) is 3. The van der Waals surface area contributed by atoms with Crippen molar-refractivity contribution in [2.45, 2.75) is 26.3 Å². The predicted molar refractivity (Wildman–Crippen MR) is 121 cm³/mol. The molecule has 2 aromatic rings. The Labute approximate surface area is 192 Å². The number of benzene rings is 2. The van der Waals surface area contributed by atoms with Crippen molar-refractivity contribution in [2.75, 3.05) is 33.5 Å². The molecule has 2 aromatic carbocycles. The number of rotatable bonds is 10. The largest absolute Gasteiger partial charge is 0.507 e. The highest BCUT2D eigenvalue weighted by Crippen LogP contribution is 2.42. The van der Waals surface area contributed by atoms with Gasteiger partial charge in [0.15, 0.2) is 11.5 Å². The molecule has 0 aromatic heterocycles. The third-order valence-electron chi connectivity index (χ3n) is 5.24. The molecular formula is C25H28FNO6. The van der Waals surface area contributed by atoms with Crippen LogP contribution in [0.3, 0.4) is 0 Å². The standard InChI is InChI=1S/C25H28FNO6/c1-4-13-33-19-11-8-17(15-20(19)32-5-2)22-21(23(28)16-6-9-18(26)10-7-16)24(29)25(30)27(22)12-14-31-3/h6-11,15,22,28H,4-5,12-14H2,1-3H3. The normalized spacial score (nSPS) is 17.5. The molecule has 1 N–H and O–H groups in total. The Hall–Kier alpha value is -3.39. The molecule has 0 bridgehead atoms. The fourth-order valence-electron chi connectivity index (χ4n) is 3.70. The van der Waals surface area contributed by atoms with Gasteiger partial charge in [0.05, 0.1) is 31.4 Å². The SMILES string of the molecule is CCCOc1ccc(C2C(=C(O)c3ccc(F)cc3)C(=O)C(=O)N2CCOC)cc1OCC. The Balaban J connectivity index is 2.14. The molecular weight excluding hydrogens is 429 g/mol. The number of aliphatic hydroxyl groups is 1. The first-order chi connectivity index (χ1) is 15.9. The van der Waals surface area contributed by atoms with Crippen LogP contribution in [-0.2, 0) is 14.3 Å². The van der Waals surface area contributed by atoms with Crippen LogP contribution in [0.5, 0.6) is 11.5 Å². The van der Waals surface area contributed by atoms with Gasteiger partial charge in [0.1, 0.15) is 11.6 Å². The summed E-state index contributed by atoms with van der Waals surface area (Å²) in [5.41, 5.74) is 0.729. The first-order valence-electron chi connectivity index (χ1n) is 10.9. The smallest absolute Gasteiger partial charge is 0.295 e. The van der Waals surface area contributed by atoms with Crippen LogP contribution in [0.2, 0.25) is 0 Å². The Morgan fingerprint density at radius 3 is 2.39 bits per heavy atom. The van der Waals surface area contributed by atoms with Crippen LogP contribution < -0.4 is 9.47 Å². The zero-order valence-electron chi connectivity index (χ0n) is 19.0. The van der Waals surface area contributed by atoms with Gasteiger partial charge in [-0.15, -0.1) is 0 Å². The number of carbonyl (C=O) groups is 2. The van der Waals surface area contributed by atoms with E-state index in [0.29, 0.717) is 30.3 Å². The minimum atomic E-state index is -0.871. The second-order valence-corrected chi connectivity index (χ2v) is 7.48. The second kappa shape index (κ2) is 11.0. The van der Waals surface area contributed by atoms with E-state index < -0.39 is 23.5 Å². The van der Waals surface area contributed by atoms with Crippen LogP contribution in [0.25, 0.3) is 5.76 Å². The summed E-state index contributed by atoms with van der Waals surface area (Å²) in [7, 11) is 1.50. The lowest BCUT2D eigenvalue weighted by Gasteiger charge is -2.26. The first kappa shape index (κ1) is 24.3. The number of amides is 1. The molecule has 1 atom stereocenters. The summed E-state index contributed by atoms with van der Waals surface area (Å²) in [6.45, 7) is 5.09. The van der Waals surface area contributed by atoms with E-state index in [1.807, 2.05) is 13.8 Å². The van der Waals surface area contributed by atoms with Gasteiger partial charge in [-0.25, -0.2) is 4.39 Å². The number of hydrogen-bond acceptors (Lipinski definition) is 6. The molecule has 1 heterocycles. The molecule has 1 aliphatic heterocycles. The van der Waals surface area contributed by atoms with Gasteiger partial charge < -0.3 is 24.2 Å². The van der Waals surface area contributed by atoms with E-state index in [1.54, 1.807) is 18.2 Å². The van der Waals surface area contributed by atoms with Crippen LogP contribution in [0.1, 0.15) is 37.4 Å². The lowest BCUT2D eigenvalue weighted by molar-refractivity contribution is -0.140. The number of carbonyl (C=O) groups excluding carboxylic acids is 2. The average Bonchev–Trinajstić information content (AvgIpc) is 3.07. The molecule has 1 aliphatic rings. The highest BCUT2D eigenvalue weighted by Gasteiger charge is 2.46. The monoisotopic (exact) mass is 457 g/mol. The molecule has 0 aliphatic carbocycles. The Kier molecular flexibility index (Phi) is 8.06. The van der Waals surface area contributed by atoms with Gasteiger partial charge in [-0.1, -0.05) is 13.0 Å². The van der Waals surface area contributed by atoms with Crippen LogP contribution in [0, 0.1) is 5.82 Å². The van der Waals surface area contributed by atoms with Gasteiger partial charge in [-0.3, -0.25) is 9.59 Å². The number of Topliss-reactive ketones (excluding diaryl/α,β-unsaturated/α-hetero) is 1. The molecule has 7 nitrogen and oxygen atoms in total. The summed E-state index contributed by atoms with van der Waals surface area (Å²) in [5, 5.41) is 11.0. The molecule has 0 spiro atoms. The molecule has 0 radical (unpaired) electrons. The van der Waals surface area contributed by atoms with E-state index in [-0.39, 0.29) is 30.0 Å². The molecule has 1 amide bonds. The van der Waals surface area contributed by atoms with Crippen molar-refractivity contribution in [1.82, 2.24) is 4.90 Å². The number of ketones is 1. The van der Waals surface area contributed by atoms with Crippen molar-refractivity contribution in [1.29, 1.82) is 0 Å². The van der Waals surface area contributed by atoms with Crippen molar-refractivity contribution in [3.8, 4) is 11.5 Å². The number of aliphatic hydroxyl groups excluding tert-OH is 1. The maximum absolute atomic E-state index is 13.4. The van der Waals surface area contributed by atoms with Crippen molar-refractivity contribution in [2.24, 2.45) is 0 Å². The van der Waals surface area contributed by atoms with E-state index in [2.05, 4.69) is 0 Å². The Bertz CT molecular complexity index is 1030. The molecule has 8 heteroatoms. The van der Waals surface area contributed by atoms with Crippen LogP contribution in [0.15, 0.2) is 48.0 Å². The summed E-state index contributed by atoms with van der Waals surface area (Å²) in [6.07, 6.45) is 0.822. The summed E-state index contributed by atoms with van der Waals surface area (Å²) >= 11 is 0. The van der Waals surface area contributed by atoms with Crippen molar-refractivity contribution < 1.29 is 33.3 Å². The van der Waals surface area contributed by atoms with Gasteiger partial charge in [-0.2, -0.15) is 0 Å². The van der Waals surface area contributed by atoms with Crippen LogP contribution >= 0.6 is 0 Å². The van der Waals surface area contributed by atoms with Crippen LogP contribution in [0.4, 0.5) is 4.39 Å². The third kappa shape index (κ3) is 5.17. The molecule has 1 fully saturated rings. The highest BCUT2D eigenvalue weighted by atomic mass is 19.1. The van der Waals surface area contributed by atoms with Crippen molar-refractivity contribution in [3.05, 3.63) is 65.0 Å². The van der Waals surface area contributed by atoms with Gasteiger partial charge in [0, 0.05) is 19.2 Å². The van der Waals surface area contributed by atoms with E-state index in [0.717, 1.165) is 6.42 Å². The number of methoxy groups -OCH3 is 1. The number of likely N-dealkylation sites (tertiary alicyclic amines) is 1. The molecule has 3 rings (SSSR count). The fraction of sp³-hybridized carbons (Fsp3) is 0.360. The van der Waals surface area contributed by atoms with Gasteiger partial charge in [0.2, 0.25) is 0 Å². The number of nitrogens with zero attached hydrogens (tertiary/aromatic N) is 1. The summed E-state index contributed by atoms with van der Waals surface area (Å²) < 4.78 is 30.0. The van der Waals surface area contributed by atoms with E-state index in [9.17, 15) is 19.1 Å². The molecule has 0 saturated carbocycles. The minimum Gasteiger partial charge on any atom is -0.507 e. The Morgan fingerprint density at radius 1 is 1.03 bits per heavy atom. The first-order valence-corrected chi connectivity index (χ1v) is 10.9. The predicted octanol–water partition coefficient (Wildman–Crippen LogP) is 4.08. The fourth-order valence-corrected chi connectivity index (χ4v) is 3.70. The number of halogens is 1. The maximum Gasteiger partial charge on any atom is 0.295 e. The summed E-state index contributed by atoms with van der Waals surface area (Å²) in [4.78, 5) is 27.2. The average molecular weight is 457 g/mol. The molecule has 1 saturated heterocycles. The summed E-state index contributed by atoms with van der Waals surface area (Å²) in [5.74, 6) is -1.39. The zero-order valence-corrected chi connectivity index (χ0v) is 19.0.